The number of hydrogen-bond donors (Lipinski definition) is 1. The molecule has 1 aliphatic heterocycles. The third kappa shape index (κ3) is 3.34. The van der Waals surface area contributed by atoms with Crippen molar-refractivity contribution in [1.82, 2.24) is 9.55 Å². The van der Waals surface area contributed by atoms with Crippen LogP contribution in [0.4, 0.5) is 5.82 Å². The monoisotopic (exact) mass is 409 g/mol. The molecule has 0 radical (unpaired) electrons. The predicted molar refractivity (Wildman–Crippen MR) is 113 cm³/mol. The van der Waals surface area contributed by atoms with Crippen LogP contribution in [-0.4, -0.2) is 47.9 Å². The Labute approximate surface area is 173 Å². The molecule has 1 N–H and O–H groups in total. The zero-order valence-corrected chi connectivity index (χ0v) is 17.1. The Morgan fingerprint density at radius 1 is 1.20 bits per heavy atom. The first-order valence-corrected chi connectivity index (χ1v) is 9.67. The number of carboxylic acid groups (broad SMARTS) is 1. The lowest BCUT2D eigenvalue weighted by molar-refractivity contribution is 0.0695. The van der Waals surface area contributed by atoms with Crippen molar-refractivity contribution in [2.45, 2.75) is 19.9 Å². The van der Waals surface area contributed by atoms with Crippen LogP contribution in [-0.2, 0) is 6.54 Å². The average Bonchev–Trinajstić information content (AvgIpc) is 2.68. The predicted octanol–water partition coefficient (Wildman–Crippen LogP) is 2.68. The van der Waals surface area contributed by atoms with E-state index in [2.05, 4.69) is 4.90 Å². The van der Waals surface area contributed by atoms with Crippen molar-refractivity contribution in [3.05, 3.63) is 57.4 Å². The molecule has 1 aromatic carbocycles. The van der Waals surface area contributed by atoms with E-state index in [0.29, 0.717) is 34.6 Å². The van der Waals surface area contributed by atoms with Gasteiger partial charge in [0, 0.05) is 30.9 Å². The second-order valence-electron chi connectivity index (χ2n) is 7.32. The highest BCUT2D eigenvalue weighted by Crippen LogP contribution is 2.28. The van der Waals surface area contributed by atoms with Crippen LogP contribution in [0.5, 0.6) is 11.5 Å². The fourth-order valence-electron chi connectivity index (χ4n) is 3.68. The van der Waals surface area contributed by atoms with Gasteiger partial charge in [0.2, 0.25) is 5.43 Å². The van der Waals surface area contributed by atoms with Gasteiger partial charge in [0.25, 0.3) is 0 Å². The number of aromatic nitrogens is 2. The number of nitrogens with zero attached hydrogens (tertiary/aromatic N) is 3. The van der Waals surface area contributed by atoms with Gasteiger partial charge in [-0.15, -0.1) is 0 Å². The van der Waals surface area contributed by atoms with E-state index in [4.69, 9.17) is 14.5 Å². The summed E-state index contributed by atoms with van der Waals surface area (Å²) in [5, 5.41) is 9.91. The number of aryl methyl sites for hydroxylation is 1. The number of benzene rings is 1. The molecule has 0 saturated carbocycles. The molecule has 4 rings (SSSR count). The van der Waals surface area contributed by atoms with Crippen LogP contribution in [0.15, 0.2) is 35.3 Å². The van der Waals surface area contributed by atoms with Gasteiger partial charge in [-0.1, -0.05) is 0 Å². The van der Waals surface area contributed by atoms with Crippen molar-refractivity contribution in [3.8, 4) is 11.5 Å². The van der Waals surface area contributed by atoms with Crippen LogP contribution in [0, 0.1) is 6.92 Å². The molecule has 0 aliphatic carbocycles. The van der Waals surface area contributed by atoms with Crippen LogP contribution in [0.1, 0.15) is 27.9 Å². The molecule has 8 nitrogen and oxygen atoms in total. The number of aromatic carboxylic acids is 1. The molecule has 156 valence electrons. The zero-order valence-electron chi connectivity index (χ0n) is 17.1. The van der Waals surface area contributed by atoms with Gasteiger partial charge >= 0.3 is 5.97 Å². The fraction of sp³-hybridized carbons (Fsp3) is 0.318. The zero-order chi connectivity index (χ0) is 21.4. The van der Waals surface area contributed by atoms with Crippen LogP contribution in [0.2, 0.25) is 0 Å². The summed E-state index contributed by atoms with van der Waals surface area (Å²) in [4.78, 5) is 31.5. The maximum Gasteiger partial charge on any atom is 0.341 e. The molecule has 30 heavy (non-hydrogen) atoms. The highest BCUT2D eigenvalue weighted by atomic mass is 16.5. The first kappa shape index (κ1) is 19.8. The van der Waals surface area contributed by atoms with E-state index in [1.807, 2.05) is 25.1 Å². The topological polar surface area (TPSA) is 93.9 Å². The highest BCUT2D eigenvalue weighted by molar-refractivity contribution is 5.93. The van der Waals surface area contributed by atoms with Crippen molar-refractivity contribution in [3.63, 3.8) is 0 Å². The summed E-state index contributed by atoms with van der Waals surface area (Å²) in [5.41, 5.74) is 1.19. The lowest BCUT2D eigenvalue weighted by atomic mass is 10.1. The molecule has 1 fully saturated rings. The van der Waals surface area contributed by atoms with Crippen molar-refractivity contribution in [2.75, 3.05) is 32.2 Å². The Kier molecular flexibility index (Phi) is 5.07. The molecule has 0 bridgehead atoms. The minimum atomic E-state index is -1.26. The van der Waals surface area contributed by atoms with Gasteiger partial charge in [0.05, 0.1) is 26.2 Å². The van der Waals surface area contributed by atoms with Gasteiger partial charge in [-0.25, -0.2) is 9.78 Å². The first-order chi connectivity index (χ1) is 14.4. The highest BCUT2D eigenvalue weighted by Gasteiger charge is 2.22. The van der Waals surface area contributed by atoms with Crippen molar-refractivity contribution in [1.29, 1.82) is 0 Å². The Morgan fingerprint density at radius 3 is 2.57 bits per heavy atom. The average molecular weight is 409 g/mol. The van der Waals surface area contributed by atoms with Gasteiger partial charge in [0.15, 0.2) is 0 Å². The summed E-state index contributed by atoms with van der Waals surface area (Å²) in [5.74, 6) is 0.794. The number of carbonyl (C=O) groups is 1. The third-order valence-corrected chi connectivity index (χ3v) is 5.46. The van der Waals surface area contributed by atoms with E-state index in [9.17, 15) is 14.7 Å². The Bertz CT molecular complexity index is 1200. The Hall–Kier alpha value is -3.55. The summed E-state index contributed by atoms with van der Waals surface area (Å²) in [6.45, 7) is 3.95. The molecule has 0 spiro atoms. The van der Waals surface area contributed by atoms with Crippen molar-refractivity contribution in [2.24, 2.45) is 0 Å². The smallest absolute Gasteiger partial charge is 0.341 e. The third-order valence-electron chi connectivity index (χ3n) is 5.46. The second-order valence-corrected chi connectivity index (χ2v) is 7.32. The summed E-state index contributed by atoms with van der Waals surface area (Å²) >= 11 is 0. The lowest BCUT2D eigenvalue weighted by Gasteiger charge is -2.32. The number of pyridine rings is 2. The summed E-state index contributed by atoms with van der Waals surface area (Å²) in [6.07, 6.45) is 2.47. The molecule has 2 aromatic heterocycles. The summed E-state index contributed by atoms with van der Waals surface area (Å²) < 4.78 is 12.4. The van der Waals surface area contributed by atoms with E-state index in [1.54, 1.807) is 24.9 Å². The minimum absolute atomic E-state index is 0.281. The van der Waals surface area contributed by atoms with E-state index in [0.717, 1.165) is 30.9 Å². The molecular weight excluding hydrogens is 386 g/mol. The maximum absolute atomic E-state index is 12.9. The van der Waals surface area contributed by atoms with E-state index < -0.39 is 11.4 Å². The molecule has 0 amide bonds. The summed E-state index contributed by atoms with van der Waals surface area (Å²) in [7, 11) is 3.14. The number of hydrogen-bond acceptors (Lipinski definition) is 6. The van der Waals surface area contributed by atoms with Gasteiger partial charge in [0.1, 0.15) is 28.5 Å². The molecule has 1 saturated heterocycles. The van der Waals surface area contributed by atoms with Crippen molar-refractivity contribution < 1.29 is 19.4 Å². The standard InChI is InChI=1S/C22H23N3O5/c1-13-9-18(24-7-4-8-24)23-21-19(13)20(26)16(22(27)28)12-25(21)11-14-5-6-15(29-2)10-17(14)30-3/h5-6,9-10,12H,4,7-8,11H2,1-3H3,(H,27,28). The van der Waals surface area contributed by atoms with Gasteiger partial charge < -0.3 is 24.0 Å². The van der Waals surface area contributed by atoms with Gasteiger partial charge in [-0.05, 0) is 37.1 Å². The second kappa shape index (κ2) is 7.70. The number of rotatable bonds is 6. The quantitative estimate of drug-likeness (QED) is 0.669. The van der Waals surface area contributed by atoms with E-state index >= 15 is 0 Å². The minimum Gasteiger partial charge on any atom is -0.497 e. The molecule has 0 unspecified atom stereocenters. The Morgan fingerprint density at radius 2 is 1.97 bits per heavy atom. The van der Waals surface area contributed by atoms with Crippen LogP contribution >= 0.6 is 0 Å². The SMILES string of the molecule is COc1ccc(Cn2cc(C(=O)O)c(=O)c3c(C)cc(N4CCC4)nc32)c(OC)c1. The number of anilines is 1. The fourth-order valence-corrected chi connectivity index (χ4v) is 3.68. The number of fused-ring (bicyclic) bond motifs is 1. The number of carboxylic acids is 1. The molecular formula is C22H23N3O5. The molecule has 3 aromatic rings. The normalized spacial score (nSPS) is 13.2. The van der Waals surface area contributed by atoms with Gasteiger partial charge in [-0.3, -0.25) is 4.79 Å². The number of methoxy groups -OCH3 is 2. The molecule has 0 atom stereocenters. The molecule has 8 heteroatoms. The van der Waals surface area contributed by atoms with Crippen LogP contribution < -0.4 is 19.8 Å². The van der Waals surface area contributed by atoms with Crippen LogP contribution in [0.25, 0.3) is 11.0 Å². The Balaban J connectivity index is 1.93. The maximum atomic E-state index is 12.9. The largest absolute Gasteiger partial charge is 0.497 e. The van der Waals surface area contributed by atoms with Crippen LogP contribution in [0.3, 0.4) is 0 Å². The number of ether oxygens (including phenoxy) is 2. The van der Waals surface area contributed by atoms with E-state index in [-0.39, 0.29) is 5.56 Å². The van der Waals surface area contributed by atoms with E-state index in [1.165, 1.54) is 6.20 Å². The first-order valence-electron chi connectivity index (χ1n) is 9.67. The van der Waals surface area contributed by atoms with Gasteiger partial charge in [-0.2, -0.15) is 0 Å². The lowest BCUT2D eigenvalue weighted by Crippen LogP contribution is -2.37. The molecule has 3 heterocycles. The summed E-state index contributed by atoms with van der Waals surface area (Å²) in [6, 6.07) is 7.29. The van der Waals surface area contributed by atoms with Crippen molar-refractivity contribution >= 4 is 22.8 Å². The molecule has 1 aliphatic rings.